The Bertz CT molecular complexity index is 896. The van der Waals surface area contributed by atoms with Crippen LogP contribution in [0, 0.1) is 0 Å². The first-order valence-corrected chi connectivity index (χ1v) is 11.7. The summed E-state index contributed by atoms with van der Waals surface area (Å²) in [5, 5.41) is 2.85. The Morgan fingerprint density at radius 2 is 1.53 bits per heavy atom. The molecule has 0 spiro atoms. The Hall–Kier alpha value is -2.58. The molecule has 0 heterocycles. The molecule has 0 aliphatic heterocycles. The first-order valence-electron chi connectivity index (χ1n) is 9.89. The second-order valence-corrected chi connectivity index (χ2v) is 9.07. The number of aryl methyl sites for hydroxylation is 1. The van der Waals surface area contributed by atoms with Crippen molar-refractivity contribution in [1.82, 2.24) is 9.62 Å². The maximum absolute atomic E-state index is 11.9. The number of nitrogens with zero attached hydrogens (tertiary/aromatic N) is 1. The topological polar surface area (TPSA) is 84.9 Å². The van der Waals surface area contributed by atoms with E-state index in [1.54, 1.807) is 24.3 Å². The van der Waals surface area contributed by atoms with Gasteiger partial charge in [-0.3, -0.25) is 4.79 Å². The molecule has 0 bridgehead atoms. The molecule has 0 saturated carbocycles. The molecule has 7 nitrogen and oxygen atoms in total. The average Bonchev–Trinajstić information content (AvgIpc) is 2.71. The fourth-order valence-electron chi connectivity index (χ4n) is 2.70. The molecule has 2 rings (SSSR count). The number of hydrogen-bond acceptors (Lipinski definition) is 5. The molecule has 0 unspecified atom stereocenters. The highest BCUT2D eigenvalue weighted by Crippen LogP contribution is 2.15. The van der Waals surface area contributed by atoms with E-state index in [-0.39, 0.29) is 19.1 Å². The lowest BCUT2D eigenvalue weighted by Crippen LogP contribution is -2.29. The summed E-state index contributed by atoms with van der Waals surface area (Å²) in [5.74, 6) is 1.25. The van der Waals surface area contributed by atoms with Crippen molar-refractivity contribution in [3.05, 3.63) is 59.7 Å². The van der Waals surface area contributed by atoms with Crippen LogP contribution in [-0.4, -0.2) is 51.7 Å². The summed E-state index contributed by atoms with van der Waals surface area (Å²) in [4.78, 5) is 11.9. The molecule has 0 aliphatic carbocycles. The van der Waals surface area contributed by atoms with Crippen molar-refractivity contribution in [2.45, 2.75) is 26.3 Å². The smallest absolute Gasteiger partial charge is 0.257 e. The monoisotopic (exact) mass is 434 g/mol. The van der Waals surface area contributed by atoms with Gasteiger partial charge in [-0.1, -0.05) is 24.3 Å². The standard InChI is InChI=1S/C22H30N2O5S/c1-4-28-20-11-7-18(8-12-20)6-5-15-23-22(25)17-29-21-13-9-19(10-14-21)16-24(2)30(3,26)27/h7-14H,4-6,15-17H2,1-3H3,(H,23,25). The van der Waals surface area contributed by atoms with Gasteiger partial charge in [0.05, 0.1) is 12.9 Å². The van der Waals surface area contributed by atoms with Crippen LogP contribution in [0.1, 0.15) is 24.5 Å². The van der Waals surface area contributed by atoms with Gasteiger partial charge in [-0.2, -0.15) is 0 Å². The molecule has 2 aromatic carbocycles. The van der Waals surface area contributed by atoms with E-state index in [0.29, 0.717) is 18.9 Å². The largest absolute Gasteiger partial charge is 0.494 e. The molecule has 0 radical (unpaired) electrons. The van der Waals surface area contributed by atoms with E-state index in [9.17, 15) is 13.2 Å². The lowest BCUT2D eigenvalue weighted by atomic mass is 10.1. The van der Waals surface area contributed by atoms with E-state index < -0.39 is 10.0 Å². The summed E-state index contributed by atoms with van der Waals surface area (Å²) in [6, 6.07) is 15.0. The quantitative estimate of drug-likeness (QED) is 0.519. The molecule has 0 atom stereocenters. The van der Waals surface area contributed by atoms with E-state index in [4.69, 9.17) is 9.47 Å². The highest BCUT2D eigenvalue weighted by atomic mass is 32.2. The molecule has 1 amide bonds. The number of carbonyl (C=O) groups excluding carboxylic acids is 1. The summed E-state index contributed by atoms with van der Waals surface area (Å²) in [6.45, 7) is 3.40. The summed E-state index contributed by atoms with van der Waals surface area (Å²) in [6.07, 6.45) is 2.88. The molecule has 8 heteroatoms. The number of carbonyl (C=O) groups is 1. The first-order chi connectivity index (χ1) is 14.3. The zero-order valence-electron chi connectivity index (χ0n) is 17.8. The fourth-order valence-corrected chi connectivity index (χ4v) is 3.09. The molecule has 1 N–H and O–H groups in total. The van der Waals surface area contributed by atoms with Crippen LogP contribution in [0.4, 0.5) is 0 Å². The molecule has 0 saturated heterocycles. The van der Waals surface area contributed by atoms with E-state index in [0.717, 1.165) is 24.2 Å². The molecule has 164 valence electrons. The van der Waals surface area contributed by atoms with Crippen LogP contribution >= 0.6 is 0 Å². The molecular formula is C22H30N2O5S. The Morgan fingerprint density at radius 3 is 2.10 bits per heavy atom. The van der Waals surface area contributed by atoms with Gasteiger partial charge in [-0.25, -0.2) is 12.7 Å². The van der Waals surface area contributed by atoms with Crippen molar-refractivity contribution >= 4 is 15.9 Å². The number of ether oxygens (including phenoxy) is 2. The van der Waals surface area contributed by atoms with E-state index in [2.05, 4.69) is 5.32 Å². The van der Waals surface area contributed by atoms with Gasteiger partial charge in [0.15, 0.2) is 6.61 Å². The second kappa shape index (κ2) is 11.6. The first kappa shape index (κ1) is 23.7. The molecule has 30 heavy (non-hydrogen) atoms. The van der Waals surface area contributed by atoms with Crippen molar-refractivity contribution < 1.29 is 22.7 Å². The summed E-state index contributed by atoms with van der Waals surface area (Å²) in [5.41, 5.74) is 2.04. The SMILES string of the molecule is CCOc1ccc(CCCNC(=O)COc2ccc(CN(C)S(C)(=O)=O)cc2)cc1. The van der Waals surface area contributed by atoms with Gasteiger partial charge in [0.25, 0.3) is 5.91 Å². The van der Waals surface area contributed by atoms with Crippen LogP contribution in [0.2, 0.25) is 0 Å². The highest BCUT2D eigenvalue weighted by molar-refractivity contribution is 7.88. The predicted octanol–water partition coefficient (Wildman–Crippen LogP) is 2.60. The highest BCUT2D eigenvalue weighted by Gasteiger charge is 2.11. The van der Waals surface area contributed by atoms with Crippen molar-refractivity contribution in [3.63, 3.8) is 0 Å². The number of nitrogens with one attached hydrogen (secondary N) is 1. The molecular weight excluding hydrogens is 404 g/mol. The summed E-state index contributed by atoms with van der Waals surface area (Å²) < 4.78 is 35.1. The minimum absolute atomic E-state index is 0.0638. The van der Waals surface area contributed by atoms with Gasteiger partial charge in [0, 0.05) is 20.1 Å². The van der Waals surface area contributed by atoms with Gasteiger partial charge in [0.1, 0.15) is 11.5 Å². The van der Waals surface area contributed by atoms with Crippen LogP contribution in [0.3, 0.4) is 0 Å². The molecule has 0 fully saturated rings. The molecule has 2 aromatic rings. The van der Waals surface area contributed by atoms with Crippen LogP contribution in [-0.2, 0) is 27.8 Å². The Kier molecular flexibility index (Phi) is 9.14. The van der Waals surface area contributed by atoms with Crippen LogP contribution < -0.4 is 14.8 Å². The third-order valence-corrected chi connectivity index (χ3v) is 5.72. The van der Waals surface area contributed by atoms with Gasteiger partial charge >= 0.3 is 0 Å². The van der Waals surface area contributed by atoms with Gasteiger partial charge < -0.3 is 14.8 Å². The van der Waals surface area contributed by atoms with Crippen molar-refractivity contribution in [2.75, 3.05) is 33.1 Å². The molecule has 0 aromatic heterocycles. The van der Waals surface area contributed by atoms with Crippen molar-refractivity contribution in [2.24, 2.45) is 0 Å². The fraction of sp³-hybridized carbons (Fsp3) is 0.409. The third kappa shape index (κ3) is 8.42. The minimum Gasteiger partial charge on any atom is -0.494 e. The van der Waals surface area contributed by atoms with Gasteiger partial charge in [0.2, 0.25) is 10.0 Å². The molecule has 0 aliphatic rings. The number of sulfonamides is 1. The Morgan fingerprint density at radius 1 is 0.967 bits per heavy atom. The van der Waals surface area contributed by atoms with Crippen LogP contribution in [0.25, 0.3) is 0 Å². The number of amides is 1. The number of hydrogen-bond donors (Lipinski definition) is 1. The third-order valence-electron chi connectivity index (χ3n) is 4.46. The average molecular weight is 435 g/mol. The van der Waals surface area contributed by atoms with Crippen LogP contribution in [0.5, 0.6) is 11.5 Å². The van der Waals surface area contributed by atoms with Gasteiger partial charge in [-0.15, -0.1) is 0 Å². The Balaban J connectivity index is 1.65. The van der Waals surface area contributed by atoms with Crippen molar-refractivity contribution in [1.29, 1.82) is 0 Å². The van der Waals surface area contributed by atoms with Gasteiger partial charge in [-0.05, 0) is 55.2 Å². The zero-order valence-corrected chi connectivity index (χ0v) is 18.6. The maximum atomic E-state index is 11.9. The normalized spacial score (nSPS) is 11.3. The lowest BCUT2D eigenvalue weighted by Gasteiger charge is -2.14. The van der Waals surface area contributed by atoms with Crippen LogP contribution in [0.15, 0.2) is 48.5 Å². The Labute approximate surface area is 179 Å². The zero-order chi connectivity index (χ0) is 22.0. The van der Waals surface area contributed by atoms with E-state index >= 15 is 0 Å². The maximum Gasteiger partial charge on any atom is 0.257 e. The lowest BCUT2D eigenvalue weighted by molar-refractivity contribution is -0.123. The number of benzene rings is 2. The van der Waals surface area contributed by atoms with E-state index in [1.165, 1.54) is 23.2 Å². The predicted molar refractivity (Wildman–Crippen MR) is 117 cm³/mol. The number of rotatable bonds is 12. The second-order valence-electron chi connectivity index (χ2n) is 6.98. The van der Waals surface area contributed by atoms with Crippen molar-refractivity contribution in [3.8, 4) is 11.5 Å². The summed E-state index contributed by atoms with van der Waals surface area (Å²) in [7, 11) is -1.69. The summed E-state index contributed by atoms with van der Waals surface area (Å²) >= 11 is 0. The minimum atomic E-state index is -3.22. The van der Waals surface area contributed by atoms with E-state index in [1.807, 2.05) is 31.2 Å².